The monoisotopic (exact) mass is 364 g/mol. The summed E-state index contributed by atoms with van der Waals surface area (Å²) < 4.78 is 23.9. The number of anilines is 1. The molecule has 0 amide bonds. The number of nitrogens with zero attached hydrogens (tertiary/aromatic N) is 1. The van der Waals surface area contributed by atoms with Crippen molar-refractivity contribution in [2.75, 3.05) is 33.9 Å². The number of sulfonamides is 1. The van der Waals surface area contributed by atoms with E-state index in [1.54, 1.807) is 6.07 Å². The molecule has 138 valence electrons. The molecule has 0 atom stereocenters. The van der Waals surface area contributed by atoms with Crippen LogP contribution in [0.1, 0.15) is 16.7 Å². The van der Waals surface area contributed by atoms with Crippen molar-refractivity contribution >= 4 is 15.7 Å². The van der Waals surface area contributed by atoms with Crippen LogP contribution in [0.25, 0.3) is 0 Å². The topological polar surface area (TPSA) is 101 Å². The van der Waals surface area contributed by atoms with Crippen LogP contribution in [0.2, 0.25) is 0 Å². The fourth-order valence-corrected chi connectivity index (χ4v) is 3.27. The molecule has 7 heteroatoms. The molecule has 25 heavy (non-hydrogen) atoms. The van der Waals surface area contributed by atoms with E-state index in [4.69, 9.17) is 10.9 Å². The fourth-order valence-electron chi connectivity index (χ4n) is 2.43. The first-order valence-corrected chi connectivity index (χ1v) is 9.44. The van der Waals surface area contributed by atoms with Crippen LogP contribution in [0, 0.1) is 0 Å². The summed E-state index contributed by atoms with van der Waals surface area (Å²) in [6, 6.07) is 13.0. The van der Waals surface area contributed by atoms with Crippen LogP contribution in [-0.2, 0) is 23.0 Å². The highest BCUT2D eigenvalue weighted by atomic mass is 32.2. The molecule has 0 saturated heterocycles. The third-order valence-electron chi connectivity index (χ3n) is 3.33. The van der Waals surface area contributed by atoms with E-state index in [-0.39, 0.29) is 4.90 Å². The van der Waals surface area contributed by atoms with Crippen molar-refractivity contribution in [2.24, 2.45) is 5.14 Å². The van der Waals surface area contributed by atoms with Crippen LogP contribution in [0.4, 0.5) is 5.69 Å². The molecule has 0 saturated carbocycles. The number of hydrogen-bond acceptors (Lipinski definition) is 5. The van der Waals surface area contributed by atoms with Crippen molar-refractivity contribution in [3.8, 4) is 0 Å². The molecule has 0 aliphatic carbocycles. The lowest BCUT2D eigenvalue weighted by molar-refractivity contribution is 0.402. The molecule has 2 rings (SSSR count). The molecule has 0 bridgehead atoms. The Balaban J connectivity index is 0.000000970. The number of benzene rings is 2. The third-order valence-corrected chi connectivity index (χ3v) is 4.31. The van der Waals surface area contributed by atoms with Gasteiger partial charge >= 0.3 is 0 Å². The van der Waals surface area contributed by atoms with E-state index in [1.165, 1.54) is 0 Å². The summed E-state index contributed by atoms with van der Waals surface area (Å²) in [5.74, 6) is 0. The van der Waals surface area contributed by atoms with Crippen LogP contribution < -0.4 is 16.2 Å². The Morgan fingerprint density at radius 3 is 2.08 bits per heavy atom. The van der Waals surface area contributed by atoms with Gasteiger partial charge in [-0.1, -0.05) is 30.3 Å². The van der Waals surface area contributed by atoms with Gasteiger partial charge in [-0.05, 0) is 57.0 Å². The third kappa shape index (κ3) is 6.83. The lowest BCUT2D eigenvalue weighted by Crippen LogP contribution is -2.18. The average Bonchev–Trinajstić information content (AvgIpc) is 2.50. The second-order valence-electron chi connectivity index (χ2n) is 6.11. The fraction of sp³-hybridized carbons (Fsp3) is 0.333. The summed E-state index contributed by atoms with van der Waals surface area (Å²) in [6.45, 7) is 0.596. The molecular weight excluding hydrogens is 336 g/mol. The normalized spacial score (nSPS) is 11.1. The molecule has 5 N–H and O–H groups in total. The van der Waals surface area contributed by atoms with Gasteiger partial charge in [0.05, 0.1) is 4.90 Å². The maximum atomic E-state index is 11.9. The minimum absolute atomic E-state index is 0.105. The number of hydrogen-bond donors (Lipinski definition) is 3. The molecule has 0 heterocycles. The van der Waals surface area contributed by atoms with Gasteiger partial charge in [-0.2, -0.15) is 0 Å². The summed E-state index contributed by atoms with van der Waals surface area (Å²) in [7, 11) is 3.73. The van der Waals surface area contributed by atoms with Crippen molar-refractivity contribution in [1.82, 2.24) is 10.2 Å². The van der Waals surface area contributed by atoms with Gasteiger partial charge in [-0.25, -0.2) is 13.6 Å². The SMILES string of the molecule is CN(C)Cc1cc(N)c(Cc2ccccc2)c(S(N)(=O)=O)c1.CNC. The van der Waals surface area contributed by atoms with Gasteiger partial charge < -0.3 is 16.0 Å². The maximum absolute atomic E-state index is 11.9. The van der Waals surface area contributed by atoms with Crippen LogP contribution in [0.3, 0.4) is 0 Å². The zero-order chi connectivity index (χ0) is 19.0. The van der Waals surface area contributed by atoms with Crippen molar-refractivity contribution in [3.63, 3.8) is 0 Å². The van der Waals surface area contributed by atoms with Crippen molar-refractivity contribution in [1.29, 1.82) is 0 Å². The van der Waals surface area contributed by atoms with Crippen LogP contribution in [0.5, 0.6) is 0 Å². The van der Waals surface area contributed by atoms with Crippen molar-refractivity contribution in [3.05, 3.63) is 59.2 Å². The van der Waals surface area contributed by atoms with E-state index < -0.39 is 10.0 Å². The Morgan fingerprint density at radius 1 is 1.04 bits per heavy atom. The van der Waals surface area contributed by atoms with E-state index in [1.807, 2.05) is 69.5 Å². The van der Waals surface area contributed by atoms with E-state index in [0.717, 1.165) is 11.1 Å². The lowest BCUT2D eigenvalue weighted by atomic mass is 10.0. The maximum Gasteiger partial charge on any atom is 0.238 e. The van der Waals surface area contributed by atoms with E-state index in [0.29, 0.717) is 24.2 Å². The van der Waals surface area contributed by atoms with Gasteiger partial charge in [0.1, 0.15) is 0 Å². The highest BCUT2D eigenvalue weighted by Gasteiger charge is 2.18. The number of nitrogens with two attached hydrogens (primary N) is 2. The van der Waals surface area contributed by atoms with Crippen molar-refractivity contribution in [2.45, 2.75) is 17.9 Å². The lowest BCUT2D eigenvalue weighted by Gasteiger charge is -2.16. The summed E-state index contributed by atoms with van der Waals surface area (Å²) in [5.41, 5.74) is 8.92. The van der Waals surface area contributed by atoms with E-state index >= 15 is 0 Å². The van der Waals surface area contributed by atoms with E-state index in [9.17, 15) is 8.42 Å². The largest absolute Gasteiger partial charge is 0.398 e. The standard InChI is InChI=1S/C16H21N3O2S.C2H7N/c1-19(2)11-13-9-15(17)14(16(10-13)22(18,20)21)8-12-6-4-3-5-7-12;1-3-2/h3-7,9-10H,8,11,17H2,1-2H3,(H2,18,20,21);3H,1-2H3. The van der Waals surface area contributed by atoms with Gasteiger partial charge in [-0.15, -0.1) is 0 Å². The van der Waals surface area contributed by atoms with Crippen LogP contribution in [-0.4, -0.2) is 41.5 Å². The van der Waals surface area contributed by atoms with Gasteiger partial charge in [0.15, 0.2) is 0 Å². The van der Waals surface area contributed by atoms with Crippen LogP contribution in [0.15, 0.2) is 47.4 Å². The Bertz CT molecular complexity index is 775. The highest BCUT2D eigenvalue weighted by molar-refractivity contribution is 7.89. The first-order valence-electron chi connectivity index (χ1n) is 7.90. The molecule has 0 fully saturated rings. The van der Waals surface area contributed by atoms with Crippen molar-refractivity contribution < 1.29 is 8.42 Å². The second kappa shape index (κ2) is 9.53. The van der Waals surface area contributed by atoms with Gasteiger partial charge in [0, 0.05) is 18.7 Å². The van der Waals surface area contributed by atoms with E-state index in [2.05, 4.69) is 5.32 Å². The molecule has 2 aromatic carbocycles. The number of primary sulfonamides is 1. The Morgan fingerprint density at radius 2 is 1.60 bits per heavy atom. The highest BCUT2D eigenvalue weighted by Crippen LogP contribution is 2.26. The Kier molecular flexibility index (Phi) is 8.05. The molecule has 6 nitrogen and oxygen atoms in total. The molecule has 0 radical (unpaired) electrons. The molecule has 0 spiro atoms. The number of nitrogen functional groups attached to an aromatic ring is 1. The van der Waals surface area contributed by atoms with Gasteiger partial charge in [0.2, 0.25) is 10.0 Å². The molecule has 0 unspecified atom stereocenters. The average molecular weight is 365 g/mol. The van der Waals surface area contributed by atoms with Gasteiger partial charge in [0.25, 0.3) is 0 Å². The first kappa shape index (κ1) is 21.1. The quantitative estimate of drug-likeness (QED) is 0.696. The molecule has 0 aliphatic heterocycles. The zero-order valence-corrected chi connectivity index (χ0v) is 16.1. The predicted molar refractivity (Wildman–Crippen MR) is 104 cm³/mol. The smallest absolute Gasteiger partial charge is 0.238 e. The second-order valence-corrected chi connectivity index (χ2v) is 7.64. The Labute approximate surface area is 150 Å². The zero-order valence-electron chi connectivity index (χ0n) is 15.3. The number of rotatable bonds is 5. The molecular formula is C18H28N4O2S. The molecule has 0 aliphatic rings. The summed E-state index contributed by atoms with van der Waals surface area (Å²) in [5, 5.41) is 8.13. The summed E-state index contributed by atoms with van der Waals surface area (Å²) in [6.07, 6.45) is 0.431. The Hall–Kier alpha value is -1.93. The molecule has 0 aromatic heterocycles. The number of nitrogens with one attached hydrogen (secondary N) is 1. The summed E-state index contributed by atoms with van der Waals surface area (Å²) >= 11 is 0. The summed E-state index contributed by atoms with van der Waals surface area (Å²) in [4.78, 5) is 2.05. The molecule has 2 aromatic rings. The predicted octanol–water partition coefficient (Wildman–Crippen LogP) is 1.40. The van der Waals surface area contributed by atoms with Crippen LogP contribution >= 0.6 is 0 Å². The first-order chi connectivity index (χ1) is 11.7. The minimum atomic E-state index is -3.83. The minimum Gasteiger partial charge on any atom is -0.398 e. The van der Waals surface area contributed by atoms with Gasteiger partial charge in [-0.3, -0.25) is 0 Å².